The minimum Gasteiger partial charge on any atom is -0.352 e. The predicted molar refractivity (Wildman–Crippen MR) is 173 cm³/mol. The average molecular weight is 628 g/mol. The minimum absolute atomic E-state index is 0.0121. The number of halogens is 1. The maximum atomic E-state index is 14.5. The van der Waals surface area contributed by atoms with E-state index in [-0.39, 0.29) is 29.8 Å². The Hall–Kier alpha value is -4.50. The molecule has 0 radical (unpaired) electrons. The van der Waals surface area contributed by atoms with Crippen molar-refractivity contribution in [2.75, 3.05) is 10.8 Å². The first-order valence-electron chi connectivity index (χ1n) is 15.2. The highest BCUT2D eigenvalue weighted by molar-refractivity contribution is 7.92. The highest BCUT2D eigenvalue weighted by Gasteiger charge is 2.35. The third-order valence-corrected chi connectivity index (χ3v) is 9.96. The molecule has 0 spiro atoms. The molecule has 1 aliphatic rings. The zero-order chi connectivity index (χ0) is 31.8. The first-order chi connectivity index (χ1) is 21.7. The molecule has 0 bridgehead atoms. The van der Waals surface area contributed by atoms with Crippen LogP contribution in [0.25, 0.3) is 0 Å². The van der Waals surface area contributed by atoms with Crippen molar-refractivity contribution in [3.8, 4) is 0 Å². The number of nitrogens with zero attached hydrogens (tertiary/aromatic N) is 2. The summed E-state index contributed by atoms with van der Waals surface area (Å²) >= 11 is 0. The highest BCUT2D eigenvalue weighted by Crippen LogP contribution is 2.26. The van der Waals surface area contributed by atoms with Crippen molar-refractivity contribution in [1.82, 2.24) is 10.2 Å². The molecule has 1 saturated carbocycles. The van der Waals surface area contributed by atoms with Gasteiger partial charge in [0.25, 0.3) is 10.0 Å². The summed E-state index contributed by atoms with van der Waals surface area (Å²) < 4.78 is 43.0. The van der Waals surface area contributed by atoms with Crippen LogP contribution in [0.3, 0.4) is 0 Å². The molecule has 234 valence electrons. The molecule has 9 heteroatoms. The fraction of sp³-hybridized carbons (Fsp3) is 0.278. The lowest BCUT2D eigenvalue weighted by Gasteiger charge is -2.34. The number of rotatable bonds is 12. The monoisotopic (exact) mass is 627 g/mol. The standard InChI is InChI=1S/C36H38FN3O4S/c1-27-16-22-32(23-17-27)40(45(43,44)33-14-6-3-7-15-33)26-35(41)39(25-29-18-20-30(37)21-19-29)34(24-28-10-4-2-5-11-28)36(42)38-31-12-8-9-13-31/h2-7,10-11,14-23,31,34H,8-9,12-13,24-26H2,1H3,(H,38,42). The molecule has 5 rings (SSSR count). The molecule has 4 aromatic rings. The van der Waals surface area contributed by atoms with Gasteiger partial charge in [-0.3, -0.25) is 13.9 Å². The number of nitrogens with one attached hydrogen (secondary N) is 1. The Labute approximate surface area is 264 Å². The summed E-state index contributed by atoms with van der Waals surface area (Å²) in [5, 5.41) is 3.15. The molecule has 45 heavy (non-hydrogen) atoms. The van der Waals surface area contributed by atoms with Crippen LogP contribution in [0.2, 0.25) is 0 Å². The second kappa shape index (κ2) is 14.5. The van der Waals surface area contributed by atoms with Crippen molar-refractivity contribution in [3.05, 3.63) is 132 Å². The van der Waals surface area contributed by atoms with Crippen LogP contribution >= 0.6 is 0 Å². The van der Waals surface area contributed by atoms with Crippen LogP contribution in [0.15, 0.2) is 114 Å². The van der Waals surface area contributed by atoms with E-state index < -0.39 is 34.3 Å². The molecule has 1 fully saturated rings. The molecule has 0 aromatic heterocycles. The Morgan fingerprint density at radius 2 is 1.42 bits per heavy atom. The molecule has 1 N–H and O–H groups in total. The van der Waals surface area contributed by atoms with E-state index in [0.29, 0.717) is 11.3 Å². The summed E-state index contributed by atoms with van der Waals surface area (Å²) in [5.74, 6) is -1.27. The maximum Gasteiger partial charge on any atom is 0.264 e. The van der Waals surface area contributed by atoms with Crippen molar-refractivity contribution in [1.29, 1.82) is 0 Å². The van der Waals surface area contributed by atoms with Crippen LogP contribution in [0.4, 0.5) is 10.1 Å². The summed E-state index contributed by atoms with van der Waals surface area (Å²) in [4.78, 5) is 30.0. The number of amides is 2. The maximum absolute atomic E-state index is 14.5. The van der Waals surface area contributed by atoms with Gasteiger partial charge in [-0.25, -0.2) is 12.8 Å². The van der Waals surface area contributed by atoms with Gasteiger partial charge in [0.1, 0.15) is 18.4 Å². The number of anilines is 1. The zero-order valence-electron chi connectivity index (χ0n) is 25.3. The van der Waals surface area contributed by atoms with E-state index in [4.69, 9.17) is 0 Å². The van der Waals surface area contributed by atoms with Gasteiger partial charge in [0.15, 0.2) is 0 Å². The van der Waals surface area contributed by atoms with E-state index in [0.717, 1.165) is 41.1 Å². The van der Waals surface area contributed by atoms with E-state index in [9.17, 15) is 22.4 Å². The van der Waals surface area contributed by atoms with Crippen LogP contribution in [0, 0.1) is 12.7 Å². The number of sulfonamides is 1. The van der Waals surface area contributed by atoms with Crippen molar-refractivity contribution in [2.24, 2.45) is 0 Å². The molecule has 0 heterocycles. The fourth-order valence-corrected chi connectivity index (χ4v) is 7.10. The molecular weight excluding hydrogens is 589 g/mol. The Balaban J connectivity index is 1.55. The van der Waals surface area contributed by atoms with Gasteiger partial charge in [-0.15, -0.1) is 0 Å². The average Bonchev–Trinajstić information content (AvgIpc) is 3.57. The van der Waals surface area contributed by atoms with Crippen LogP contribution < -0.4 is 9.62 Å². The second-order valence-corrected chi connectivity index (χ2v) is 13.4. The molecular formula is C36H38FN3O4S. The SMILES string of the molecule is Cc1ccc(N(CC(=O)N(Cc2ccc(F)cc2)C(Cc2ccccc2)C(=O)NC2CCCC2)S(=O)(=O)c2ccccc2)cc1. The quantitative estimate of drug-likeness (QED) is 0.208. The third kappa shape index (κ3) is 8.16. The Bertz CT molecular complexity index is 1680. The van der Waals surface area contributed by atoms with Crippen molar-refractivity contribution in [2.45, 2.75) is 62.6 Å². The number of carbonyl (C=O) groups excluding carboxylic acids is 2. The summed E-state index contributed by atoms with van der Waals surface area (Å²) in [6, 6.07) is 29.1. The van der Waals surface area contributed by atoms with Gasteiger partial charge in [0.05, 0.1) is 10.6 Å². The van der Waals surface area contributed by atoms with Crippen LogP contribution in [0.1, 0.15) is 42.4 Å². The Morgan fingerprint density at radius 3 is 2.04 bits per heavy atom. The van der Waals surface area contributed by atoms with E-state index in [1.165, 1.54) is 29.2 Å². The van der Waals surface area contributed by atoms with Gasteiger partial charge in [-0.1, -0.05) is 91.2 Å². The van der Waals surface area contributed by atoms with Gasteiger partial charge in [0, 0.05) is 19.0 Å². The van der Waals surface area contributed by atoms with Crippen LogP contribution in [-0.2, 0) is 32.6 Å². The number of benzene rings is 4. The van der Waals surface area contributed by atoms with Gasteiger partial charge in [-0.05, 0) is 67.3 Å². The highest BCUT2D eigenvalue weighted by atomic mass is 32.2. The van der Waals surface area contributed by atoms with Crippen molar-refractivity contribution in [3.63, 3.8) is 0 Å². The largest absolute Gasteiger partial charge is 0.352 e. The molecule has 2 amide bonds. The second-order valence-electron chi connectivity index (χ2n) is 11.5. The van der Waals surface area contributed by atoms with E-state index in [1.807, 2.05) is 37.3 Å². The summed E-state index contributed by atoms with van der Waals surface area (Å²) in [5.41, 5.74) is 2.73. The van der Waals surface area contributed by atoms with E-state index in [2.05, 4.69) is 5.32 Å². The summed E-state index contributed by atoms with van der Waals surface area (Å²) in [6.07, 6.45) is 4.01. The first-order valence-corrected chi connectivity index (χ1v) is 16.7. The molecule has 4 aromatic carbocycles. The molecule has 1 atom stereocenters. The number of hydrogen-bond donors (Lipinski definition) is 1. The predicted octanol–water partition coefficient (Wildman–Crippen LogP) is 6.03. The van der Waals surface area contributed by atoms with Gasteiger partial charge in [0.2, 0.25) is 11.8 Å². The lowest BCUT2D eigenvalue weighted by Crippen LogP contribution is -2.54. The smallest absolute Gasteiger partial charge is 0.264 e. The van der Waals surface area contributed by atoms with Crippen LogP contribution in [-0.4, -0.2) is 43.8 Å². The van der Waals surface area contributed by atoms with E-state index in [1.54, 1.807) is 54.6 Å². The summed E-state index contributed by atoms with van der Waals surface area (Å²) in [6.45, 7) is 1.35. The normalized spacial score (nSPS) is 14.1. The topological polar surface area (TPSA) is 86.8 Å². The van der Waals surface area contributed by atoms with Gasteiger partial charge in [-0.2, -0.15) is 0 Å². The lowest BCUT2D eigenvalue weighted by atomic mass is 10.0. The van der Waals surface area contributed by atoms with Crippen molar-refractivity contribution < 1.29 is 22.4 Å². The number of hydrogen-bond acceptors (Lipinski definition) is 4. The number of carbonyl (C=O) groups is 2. The van der Waals surface area contributed by atoms with Gasteiger partial charge < -0.3 is 10.2 Å². The first kappa shape index (κ1) is 31.9. The van der Waals surface area contributed by atoms with Crippen molar-refractivity contribution >= 4 is 27.5 Å². The molecule has 0 aliphatic heterocycles. The lowest BCUT2D eigenvalue weighted by molar-refractivity contribution is -0.140. The third-order valence-electron chi connectivity index (χ3n) is 8.17. The van der Waals surface area contributed by atoms with E-state index >= 15 is 0 Å². The van der Waals surface area contributed by atoms with Gasteiger partial charge >= 0.3 is 0 Å². The molecule has 1 aliphatic carbocycles. The molecule has 1 unspecified atom stereocenters. The Kier molecular flexibility index (Phi) is 10.3. The molecule has 0 saturated heterocycles. The minimum atomic E-state index is -4.16. The number of aryl methyl sites for hydroxylation is 1. The summed E-state index contributed by atoms with van der Waals surface area (Å²) in [7, 11) is -4.16. The fourth-order valence-electron chi connectivity index (χ4n) is 5.67. The Morgan fingerprint density at radius 1 is 0.822 bits per heavy atom. The zero-order valence-corrected chi connectivity index (χ0v) is 26.1. The van der Waals surface area contributed by atoms with Crippen LogP contribution in [0.5, 0.6) is 0 Å². The molecule has 7 nitrogen and oxygen atoms in total.